The Hall–Kier alpha value is -2.68. The first-order chi connectivity index (χ1) is 16.1. The second-order valence-corrected chi connectivity index (χ2v) is 11.2. The van der Waals surface area contributed by atoms with Crippen LogP contribution in [0.3, 0.4) is 0 Å². The highest BCUT2D eigenvalue weighted by Crippen LogP contribution is 2.29. The Balaban J connectivity index is 1.37. The molecule has 1 aliphatic heterocycles. The molecule has 0 radical (unpaired) electrons. The standard InChI is InChI=1S/C25H29N3O3S2/c29-25(27-24(20-10-3-1-4-11-20)21-12-5-2-6-13-21)26-17-16-22-14-7-8-18-28(22)33(30,31)23-15-9-19-32-23/h1-6,9-13,15,19,22,24H,7-8,14,16-18H2,(H2,26,27,29). The van der Waals surface area contributed by atoms with Crippen LogP contribution in [-0.2, 0) is 10.0 Å². The number of hydrogen-bond acceptors (Lipinski definition) is 4. The van der Waals surface area contributed by atoms with Gasteiger partial charge in [0.25, 0.3) is 10.0 Å². The predicted molar refractivity (Wildman–Crippen MR) is 132 cm³/mol. The van der Waals surface area contributed by atoms with Crippen LogP contribution in [0.25, 0.3) is 0 Å². The zero-order valence-corrected chi connectivity index (χ0v) is 20.0. The zero-order valence-electron chi connectivity index (χ0n) is 18.4. The van der Waals surface area contributed by atoms with E-state index in [1.54, 1.807) is 21.8 Å². The highest BCUT2D eigenvalue weighted by Gasteiger charge is 2.33. The SMILES string of the molecule is O=C(NCCC1CCCCN1S(=O)(=O)c1cccs1)NC(c1ccccc1)c1ccccc1. The molecule has 0 aliphatic carbocycles. The lowest BCUT2D eigenvalue weighted by Crippen LogP contribution is -2.46. The second-order valence-electron chi connectivity index (χ2n) is 8.14. The Bertz CT molecular complexity index is 1080. The molecule has 4 rings (SSSR count). The normalized spacial score (nSPS) is 17.1. The summed E-state index contributed by atoms with van der Waals surface area (Å²) < 4.78 is 28.1. The molecule has 3 aromatic rings. The summed E-state index contributed by atoms with van der Waals surface area (Å²) in [5.74, 6) is 0. The maximum absolute atomic E-state index is 13.1. The van der Waals surface area contributed by atoms with Gasteiger partial charge in [0.2, 0.25) is 0 Å². The highest BCUT2D eigenvalue weighted by molar-refractivity contribution is 7.91. The van der Waals surface area contributed by atoms with E-state index in [1.807, 2.05) is 60.7 Å². The quantitative estimate of drug-likeness (QED) is 0.484. The summed E-state index contributed by atoms with van der Waals surface area (Å²) in [6, 6.07) is 22.5. The molecule has 33 heavy (non-hydrogen) atoms. The fourth-order valence-electron chi connectivity index (χ4n) is 4.29. The number of rotatable bonds is 8. The molecule has 1 aromatic heterocycles. The Morgan fingerprint density at radius 2 is 1.64 bits per heavy atom. The van der Waals surface area contributed by atoms with Crippen molar-refractivity contribution in [1.82, 2.24) is 14.9 Å². The number of hydrogen-bond donors (Lipinski definition) is 2. The van der Waals surface area contributed by atoms with Crippen LogP contribution in [0.15, 0.2) is 82.4 Å². The second kappa shape index (κ2) is 11.0. The molecule has 0 bridgehead atoms. The van der Waals surface area contributed by atoms with Gasteiger partial charge in [0.05, 0.1) is 6.04 Å². The minimum Gasteiger partial charge on any atom is -0.338 e. The number of sulfonamides is 1. The monoisotopic (exact) mass is 483 g/mol. The molecule has 8 heteroatoms. The average molecular weight is 484 g/mol. The van der Waals surface area contributed by atoms with E-state index < -0.39 is 10.0 Å². The Labute approximate surface area is 199 Å². The van der Waals surface area contributed by atoms with Crippen molar-refractivity contribution in [1.29, 1.82) is 0 Å². The molecule has 2 N–H and O–H groups in total. The summed E-state index contributed by atoms with van der Waals surface area (Å²) >= 11 is 1.25. The molecular weight excluding hydrogens is 454 g/mol. The number of piperidine rings is 1. The van der Waals surface area contributed by atoms with Crippen molar-refractivity contribution < 1.29 is 13.2 Å². The topological polar surface area (TPSA) is 78.5 Å². The van der Waals surface area contributed by atoms with Crippen molar-refractivity contribution in [2.45, 2.75) is 42.0 Å². The highest BCUT2D eigenvalue weighted by atomic mass is 32.2. The van der Waals surface area contributed by atoms with Gasteiger partial charge in [-0.3, -0.25) is 0 Å². The van der Waals surface area contributed by atoms with Gasteiger partial charge in [-0.25, -0.2) is 13.2 Å². The van der Waals surface area contributed by atoms with E-state index in [9.17, 15) is 13.2 Å². The van der Waals surface area contributed by atoms with E-state index in [-0.39, 0.29) is 18.1 Å². The number of amides is 2. The fourth-order valence-corrected chi connectivity index (χ4v) is 7.13. The summed E-state index contributed by atoms with van der Waals surface area (Å²) in [6.45, 7) is 0.935. The van der Waals surface area contributed by atoms with Crippen molar-refractivity contribution in [3.8, 4) is 0 Å². The van der Waals surface area contributed by atoms with Crippen LogP contribution in [0.2, 0.25) is 0 Å². The van der Waals surface area contributed by atoms with Crippen molar-refractivity contribution in [2.75, 3.05) is 13.1 Å². The third-order valence-corrected chi connectivity index (χ3v) is 9.26. The van der Waals surface area contributed by atoms with Gasteiger partial charge in [0, 0.05) is 19.1 Å². The summed E-state index contributed by atoms with van der Waals surface area (Å²) in [5, 5.41) is 7.79. The van der Waals surface area contributed by atoms with Gasteiger partial charge in [-0.1, -0.05) is 73.2 Å². The lowest BCUT2D eigenvalue weighted by Gasteiger charge is -2.34. The van der Waals surface area contributed by atoms with Crippen LogP contribution in [0.4, 0.5) is 4.79 Å². The van der Waals surface area contributed by atoms with E-state index in [1.165, 1.54) is 11.3 Å². The maximum Gasteiger partial charge on any atom is 0.315 e. The van der Waals surface area contributed by atoms with Crippen molar-refractivity contribution >= 4 is 27.4 Å². The molecule has 6 nitrogen and oxygen atoms in total. The van der Waals surface area contributed by atoms with E-state index in [4.69, 9.17) is 0 Å². The van der Waals surface area contributed by atoms with Crippen LogP contribution < -0.4 is 10.6 Å². The molecule has 2 aromatic carbocycles. The first kappa shape index (κ1) is 23.5. The zero-order chi connectivity index (χ0) is 23.1. The van der Waals surface area contributed by atoms with Crippen molar-refractivity contribution in [2.24, 2.45) is 0 Å². The van der Waals surface area contributed by atoms with Gasteiger partial charge < -0.3 is 10.6 Å². The van der Waals surface area contributed by atoms with E-state index >= 15 is 0 Å². The Morgan fingerprint density at radius 3 is 2.24 bits per heavy atom. The van der Waals surface area contributed by atoms with Gasteiger partial charge in [-0.2, -0.15) is 4.31 Å². The average Bonchev–Trinajstić information content (AvgIpc) is 3.40. The van der Waals surface area contributed by atoms with Gasteiger partial charge in [0.1, 0.15) is 4.21 Å². The first-order valence-corrected chi connectivity index (χ1v) is 13.6. The number of thiophene rings is 1. The van der Waals surface area contributed by atoms with Gasteiger partial charge in [-0.05, 0) is 41.8 Å². The number of carbonyl (C=O) groups is 1. The van der Waals surface area contributed by atoms with E-state index in [0.29, 0.717) is 23.7 Å². The first-order valence-electron chi connectivity index (χ1n) is 11.3. The summed E-state index contributed by atoms with van der Waals surface area (Å²) in [6.07, 6.45) is 3.26. The van der Waals surface area contributed by atoms with E-state index in [0.717, 1.165) is 30.4 Å². The third-order valence-electron chi connectivity index (χ3n) is 5.94. The number of carbonyl (C=O) groups excluding carboxylic acids is 1. The minimum atomic E-state index is -3.49. The summed E-state index contributed by atoms with van der Waals surface area (Å²) in [7, 11) is -3.49. The molecule has 1 atom stereocenters. The van der Waals surface area contributed by atoms with Crippen LogP contribution in [0.1, 0.15) is 42.9 Å². The molecule has 1 aliphatic rings. The summed E-state index contributed by atoms with van der Waals surface area (Å²) in [4.78, 5) is 12.8. The number of nitrogens with one attached hydrogen (secondary N) is 2. The molecule has 2 amide bonds. The molecule has 1 saturated heterocycles. The lowest BCUT2D eigenvalue weighted by atomic mass is 9.99. The lowest BCUT2D eigenvalue weighted by molar-refractivity contribution is 0.228. The van der Waals surface area contributed by atoms with Crippen LogP contribution in [-0.4, -0.2) is 37.9 Å². The number of benzene rings is 2. The molecule has 0 spiro atoms. The molecule has 2 heterocycles. The maximum atomic E-state index is 13.1. The van der Waals surface area contributed by atoms with Gasteiger partial charge >= 0.3 is 6.03 Å². The van der Waals surface area contributed by atoms with Crippen molar-refractivity contribution in [3.63, 3.8) is 0 Å². The van der Waals surface area contributed by atoms with Crippen LogP contribution in [0, 0.1) is 0 Å². The van der Waals surface area contributed by atoms with Gasteiger partial charge in [0.15, 0.2) is 0 Å². The molecule has 1 fully saturated rings. The van der Waals surface area contributed by atoms with Gasteiger partial charge in [-0.15, -0.1) is 11.3 Å². The van der Waals surface area contributed by atoms with E-state index in [2.05, 4.69) is 10.6 Å². The molecule has 0 saturated carbocycles. The fraction of sp³-hybridized carbons (Fsp3) is 0.320. The minimum absolute atomic E-state index is 0.106. The predicted octanol–water partition coefficient (Wildman–Crippen LogP) is 4.77. The number of urea groups is 1. The molecular formula is C25H29N3O3S2. The Morgan fingerprint density at radius 1 is 0.970 bits per heavy atom. The summed E-state index contributed by atoms with van der Waals surface area (Å²) in [5.41, 5.74) is 2.00. The van der Waals surface area contributed by atoms with Crippen LogP contribution in [0.5, 0.6) is 0 Å². The third kappa shape index (κ3) is 5.82. The molecule has 1 unspecified atom stereocenters. The molecule has 174 valence electrons. The largest absolute Gasteiger partial charge is 0.338 e. The number of nitrogens with zero attached hydrogens (tertiary/aromatic N) is 1. The Kier molecular flexibility index (Phi) is 7.80. The van der Waals surface area contributed by atoms with Crippen molar-refractivity contribution in [3.05, 3.63) is 89.3 Å². The smallest absolute Gasteiger partial charge is 0.315 e. The van der Waals surface area contributed by atoms with Crippen LogP contribution >= 0.6 is 11.3 Å².